The topological polar surface area (TPSA) is 21.3 Å². The van der Waals surface area contributed by atoms with Gasteiger partial charge in [-0.1, -0.05) is 29.8 Å². The summed E-state index contributed by atoms with van der Waals surface area (Å²) in [7, 11) is 0. The van der Waals surface area contributed by atoms with E-state index in [4.69, 9.17) is 0 Å². The van der Waals surface area contributed by atoms with Crippen LogP contribution in [0.4, 0.5) is 13.2 Å². The van der Waals surface area contributed by atoms with E-state index in [1.165, 1.54) is 0 Å². The van der Waals surface area contributed by atoms with Gasteiger partial charge in [-0.05, 0) is 19.4 Å². The van der Waals surface area contributed by atoms with Crippen LogP contribution in [0.5, 0.6) is 0 Å². The van der Waals surface area contributed by atoms with Crippen molar-refractivity contribution in [1.29, 1.82) is 0 Å². The average Bonchev–Trinajstić information content (AvgIpc) is 2.24. The highest BCUT2D eigenvalue weighted by atomic mass is 19.4. The van der Waals surface area contributed by atoms with Gasteiger partial charge in [0.15, 0.2) is 0 Å². The number of benzene rings is 1. The van der Waals surface area contributed by atoms with E-state index in [2.05, 4.69) is 10.1 Å². The Bertz CT molecular complexity index is 335. The zero-order chi connectivity index (χ0) is 12.9. The predicted octanol–water partition coefficient (Wildman–Crippen LogP) is 3.18. The van der Waals surface area contributed by atoms with Crippen molar-refractivity contribution in [1.82, 2.24) is 5.32 Å². The predicted molar refractivity (Wildman–Crippen MR) is 59.6 cm³/mol. The number of rotatable bonds is 5. The van der Waals surface area contributed by atoms with E-state index in [1.54, 1.807) is 0 Å². The van der Waals surface area contributed by atoms with Gasteiger partial charge in [-0.2, -0.15) is 0 Å². The summed E-state index contributed by atoms with van der Waals surface area (Å²) in [6.07, 6.45) is -4.55. The number of halogens is 3. The minimum Gasteiger partial charge on any atom is -0.308 e. The molecule has 96 valence electrons. The van der Waals surface area contributed by atoms with Crippen LogP contribution in [0.1, 0.15) is 24.1 Å². The third-order valence-corrected chi connectivity index (χ3v) is 2.40. The van der Waals surface area contributed by atoms with Gasteiger partial charge in [0.05, 0.1) is 6.61 Å². The fourth-order valence-corrected chi connectivity index (χ4v) is 1.42. The molecule has 17 heavy (non-hydrogen) atoms. The Kier molecular flexibility index (Phi) is 4.96. The van der Waals surface area contributed by atoms with Crippen molar-refractivity contribution in [2.45, 2.75) is 26.3 Å². The molecule has 0 aliphatic carbocycles. The molecule has 2 nitrogen and oxygen atoms in total. The van der Waals surface area contributed by atoms with Crippen molar-refractivity contribution in [2.24, 2.45) is 0 Å². The zero-order valence-electron chi connectivity index (χ0n) is 9.84. The van der Waals surface area contributed by atoms with Crippen LogP contribution in [0.15, 0.2) is 24.3 Å². The highest BCUT2D eigenvalue weighted by Gasteiger charge is 2.28. The molecule has 0 radical (unpaired) electrons. The van der Waals surface area contributed by atoms with Gasteiger partial charge in [0, 0.05) is 12.6 Å². The SMILES string of the molecule is Cc1ccc([C@H](C)NCCOC(F)(F)F)cc1. The smallest absolute Gasteiger partial charge is 0.308 e. The molecule has 1 rings (SSSR count). The Morgan fingerprint density at radius 1 is 1.24 bits per heavy atom. The van der Waals surface area contributed by atoms with E-state index in [0.29, 0.717) is 0 Å². The number of hydrogen-bond donors (Lipinski definition) is 1. The molecule has 0 fully saturated rings. The van der Waals surface area contributed by atoms with Crippen LogP contribution < -0.4 is 5.32 Å². The van der Waals surface area contributed by atoms with Gasteiger partial charge in [0.2, 0.25) is 0 Å². The Labute approximate surface area is 98.8 Å². The van der Waals surface area contributed by atoms with Gasteiger partial charge < -0.3 is 5.32 Å². The standard InChI is InChI=1S/C12H16F3NO/c1-9-3-5-11(6-4-9)10(2)16-7-8-17-12(13,14)15/h3-6,10,16H,7-8H2,1-2H3/t10-/m0/s1. The lowest BCUT2D eigenvalue weighted by molar-refractivity contribution is -0.323. The molecule has 0 aliphatic rings. The summed E-state index contributed by atoms with van der Waals surface area (Å²) in [5, 5.41) is 2.97. The van der Waals surface area contributed by atoms with Crippen LogP contribution >= 0.6 is 0 Å². The van der Waals surface area contributed by atoms with E-state index < -0.39 is 6.36 Å². The molecule has 0 amide bonds. The number of hydrogen-bond acceptors (Lipinski definition) is 2. The molecule has 0 saturated heterocycles. The summed E-state index contributed by atoms with van der Waals surface area (Å²) in [5.41, 5.74) is 2.20. The highest BCUT2D eigenvalue weighted by molar-refractivity contribution is 5.23. The quantitative estimate of drug-likeness (QED) is 0.807. The third-order valence-electron chi connectivity index (χ3n) is 2.40. The Morgan fingerprint density at radius 3 is 2.35 bits per heavy atom. The Balaban J connectivity index is 2.30. The molecular formula is C12H16F3NO. The molecule has 1 aromatic carbocycles. The van der Waals surface area contributed by atoms with Crippen molar-refractivity contribution in [3.63, 3.8) is 0 Å². The molecule has 5 heteroatoms. The molecule has 1 atom stereocenters. The van der Waals surface area contributed by atoms with Gasteiger partial charge in [-0.15, -0.1) is 13.2 Å². The first-order valence-electron chi connectivity index (χ1n) is 5.39. The van der Waals surface area contributed by atoms with E-state index in [0.717, 1.165) is 11.1 Å². The molecule has 0 bridgehead atoms. The molecular weight excluding hydrogens is 231 g/mol. The molecule has 0 aromatic heterocycles. The number of alkyl halides is 3. The van der Waals surface area contributed by atoms with Crippen LogP contribution in [0.3, 0.4) is 0 Å². The second-order valence-electron chi connectivity index (χ2n) is 3.88. The van der Waals surface area contributed by atoms with E-state index in [-0.39, 0.29) is 19.2 Å². The first kappa shape index (κ1) is 14.0. The fourth-order valence-electron chi connectivity index (χ4n) is 1.42. The summed E-state index contributed by atoms with van der Waals surface area (Å²) in [6, 6.07) is 7.86. The lowest BCUT2D eigenvalue weighted by Gasteiger charge is -2.15. The van der Waals surface area contributed by atoms with Gasteiger partial charge >= 0.3 is 6.36 Å². The van der Waals surface area contributed by atoms with Crippen LogP contribution in [0.25, 0.3) is 0 Å². The number of ether oxygens (including phenoxy) is 1. The van der Waals surface area contributed by atoms with Crippen molar-refractivity contribution < 1.29 is 17.9 Å². The van der Waals surface area contributed by atoms with Gasteiger partial charge in [0.1, 0.15) is 0 Å². The molecule has 1 N–H and O–H groups in total. The molecule has 0 aliphatic heterocycles. The third kappa shape index (κ3) is 5.70. The Morgan fingerprint density at radius 2 is 1.82 bits per heavy atom. The van der Waals surface area contributed by atoms with E-state index in [9.17, 15) is 13.2 Å². The maximum Gasteiger partial charge on any atom is 0.522 e. The minimum absolute atomic E-state index is 0.00688. The first-order chi connectivity index (χ1) is 7.88. The Hall–Kier alpha value is -1.07. The summed E-state index contributed by atoms with van der Waals surface area (Å²) >= 11 is 0. The second-order valence-corrected chi connectivity index (χ2v) is 3.88. The molecule has 1 aromatic rings. The molecule has 0 spiro atoms. The normalized spacial score (nSPS) is 13.7. The molecule has 0 heterocycles. The lowest BCUT2D eigenvalue weighted by atomic mass is 10.1. The van der Waals surface area contributed by atoms with Gasteiger partial charge in [-0.3, -0.25) is 4.74 Å². The molecule has 0 saturated carbocycles. The maximum atomic E-state index is 11.7. The number of nitrogens with one attached hydrogen (secondary N) is 1. The van der Waals surface area contributed by atoms with E-state index >= 15 is 0 Å². The van der Waals surface area contributed by atoms with Crippen molar-refractivity contribution >= 4 is 0 Å². The number of aryl methyl sites for hydroxylation is 1. The summed E-state index contributed by atoms with van der Waals surface area (Å²) in [4.78, 5) is 0. The summed E-state index contributed by atoms with van der Waals surface area (Å²) in [6.45, 7) is 3.67. The first-order valence-corrected chi connectivity index (χ1v) is 5.39. The molecule has 0 unspecified atom stereocenters. The zero-order valence-corrected chi connectivity index (χ0v) is 9.84. The summed E-state index contributed by atoms with van der Waals surface area (Å²) < 4.78 is 38.8. The van der Waals surface area contributed by atoms with Crippen LogP contribution in [-0.2, 0) is 4.74 Å². The minimum atomic E-state index is -4.55. The average molecular weight is 247 g/mol. The monoisotopic (exact) mass is 247 g/mol. The lowest BCUT2D eigenvalue weighted by Crippen LogP contribution is -2.26. The van der Waals surface area contributed by atoms with Crippen molar-refractivity contribution in [3.05, 3.63) is 35.4 Å². The second kappa shape index (κ2) is 6.02. The summed E-state index contributed by atoms with van der Waals surface area (Å²) in [5.74, 6) is 0. The van der Waals surface area contributed by atoms with E-state index in [1.807, 2.05) is 38.1 Å². The van der Waals surface area contributed by atoms with Crippen molar-refractivity contribution in [3.8, 4) is 0 Å². The van der Waals surface area contributed by atoms with Crippen molar-refractivity contribution in [2.75, 3.05) is 13.2 Å². The highest BCUT2D eigenvalue weighted by Crippen LogP contribution is 2.16. The fraction of sp³-hybridized carbons (Fsp3) is 0.500. The maximum absolute atomic E-state index is 11.7. The van der Waals surface area contributed by atoms with Gasteiger partial charge in [0.25, 0.3) is 0 Å². The van der Waals surface area contributed by atoms with Crippen LogP contribution in [-0.4, -0.2) is 19.5 Å². The van der Waals surface area contributed by atoms with Crippen LogP contribution in [0, 0.1) is 6.92 Å². The van der Waals surface area contributed by atoms with Gasteiger partial charge in [-0.25, -0.2) is 0 Å². The van der Waals surface area contributed by atoms with Crippen LogP contribution in [0.2, 0.25) is 0 Å². The largest absolute Gasteiger partial charge is 0.522 e.